The Bertz CT molecular complexity index is 336. The SMILES string of the molecule is CC1(C)CCc2cc(N)ccc2O1.Cl. The maximum absolute atomic E-state index is 5.82. The van der Waals surface area contributed by atoms with Gasteiger partial charge in [0.25, 0.3) is 0 Å². The lowest BCUT2D eigenvalue weighted by Gasteiger charge is -2.32. The molecule has 14 heavy (non-hydrogen) atoms. The summed E-state index contributed by atoms with van der Waals surface area (Å²) in [5, 5.41) is 0. The highest BCUT2D eigenvalue weighted by molar-refractivity contribution is 5.85. The van der Waals surface area contributed by atoms with Gasteiger partial charge in [-0.2, -0.15) is 0 Å². The molecule has 0 aliphatic carbocycles. The van der Waals surface area contributed by atoms with Crippen LogP contribution in [0.2, 0.25) is 0 Å². The highest BCUT2D eigenvalue weighted by Gasteiger charge is 2.26. The normalized spacial score (nSPS) is 17.6. The van der Waals surface area contributed by atoms with E-state index in [0.717, 1.165) is 24.3 Å². The van der Waals surface area contributed by atoms with Crippen LogP contribution in [0.25, 0.3) is 0 Å². The third-order valence-electron chi connectivity index (χ3n) is 2.47. The molecule has 2 N–H and O–H groups in total. The Morgan fingerprint density at radius 1 is 1.36 bits per heavy atom. The fourth-order valence-electron chi connectivity index (χ4n) is 1.68. The van der Waals surface area contributed by atoms with Crippen LogP contribution >= 0.6 is 12.4 Å². The number of nitrogens with two attached hydrogens (primary N) is 1. The average molecular weight is 214 g/mol. The van der Waals surface area contributed by atoms with Gasteiger partial charge in [0.15, 0.2) is 0 Å². The van der Waals surface area contributed by atoms with Gasteiger partial charge in [-0.1, -0.05) is 0 Å². The van der Waals surface area contributed by atoms with Crippen molar-refractivity contribution >= 4 is 18.1 Å². The van der Waals surface area contributed by atoms with Gasteiger partial charge >= 0.3 is 0 Å². The van der Waals surface area contributed by atoms with Crippen LogP contribution in [-0.4, -0.2) is 5.60 Å². The molecular formula is C11H16ClNO. The zero-order valence-electron chi connectivity index (χ0n) is 8.54. The Kier molecular flexibility index (Phi) is 2.95. The van der Waals surface area contributed by atoms with Crippen molar-refractivity contribution in [1.82, 2.24) is 0 Å². The Morgan fingerprint density at radius 3 is 2.79 bits per heavy atom. The number of aryl methyl sites for hydroxylation is 1. The van der Waals surface area contributed by atoms with Crippen LogP contribution in [0.4, 0.5) is 5.69 Å². The lowest BCUT2D eigenvalue weighted by molar-refractivity contribution is 0.0847. The fraction of sp³-hybridized carbons (Fsp3) is 0.455. The Balaban J connectivity index is 0.000000980. The Hall–Kier alpha value is -0.890. The Labute approximate surface area is 90.9 Å². The molecule has 0 radical (unpaired) electrons. The van der Waals surface area contributed by atoms with Crippen molar-refractivity contribution in [1.29, 1.82) is 0 Å². The van der Waals surface area contributed by atoms with Crippen molar-refractivity contribution in [3.05, 3.63) is 23.8 Å². The molecule has 1 heterocycles. The van der Waals surface area contributed by atoms with E-state index in [0.29, 0.717) is 0 Å². The molecule has 2 rings (SSSR count). The van der Waals surface area contributed by atoms with Crippen LogP contribution in [0.3, 0.4) is 0 Å². The van der Waals surface area contributed by atoms with Gasteiger partial charge in [-0.15, -0.1) is 12.4 Å². The average Bonchev–Trinajstić information content (AvgIpc) is 2.05. The molecule has 0 saturated carbocycles. The van der Waals surface area contributed by atoms with E-state index in [1.807, 2.05) is 18.2 Å². The molecule has 1 aromatic rings. The highest BCUT2D eigenvalue weighted by atomic mass is 35.5. The monoisotopic (exact) mass is 213 g/mol. The van der Waals surface area contributed by atoms with Gasteiger partial charge in [-0.3, -0.25) is 0 Å². The summed E-state index contributed by atoms with van der Waals surface area (Å²) in [4.78, 5) is 0. The number of hydrogen-bond acceptors (Lipinski definition) is 2. The third kappa shape index (κ3) is 2.13. The van der Waals surface area contributed by atoms with Gasteiger partial charge < -0.3 is 10.5 Å². The van der Waals surface area contributed by atoms with Crippen molar-refractivity contribution < 1.29 is 4.74 Å². The number of fused-ring (bicyclic) bond motifs is 1. The van der Waals surface area contributed by atoms with E-state index < -0.39 is 0 Å². The standard InChI is InChI=1S/C11H15NO.ClH/c1-11(2)6-5-8-7-9(12)3-4-10(8)13-11;/h3-4,7H,5-6,12H2,1-2H3;1H. The molecule has 0 spiro atoms. The number of benzene rings is 1. The van der Waals surface area contributed by atoms with E-state index in [-0.39, 0.29) is 18.0 Å². The first-order valence-electron chi connectivity index (χ1n) is 4.64. The lowest BCUT2D eigenvalue weighted by Crippen LogP contribution is -2.32. The second kappa shape index (κ2) is 3.70. The first-order chi connectivity index (χ1) is 6.07. The molecule has 0 saturated heterocycles. The minimum Gasteiger partial charge on any atom is -0.488 e. The number of nitrogen functional groups attached to an aromatic ring is 1. The van der Waals surface area contributed by atoms with Crippen LogP contribution < -0.4 is 10.5 Å². The lowest BCUT2D eigenvalue weighted by atomic mass is 9.94. The van der Waals surface area contributed by atoms with Gasteiger partial charge in [-0.05, 0) is 50.5 Å². The molecule has 1 aromatic carbocycles. The molecule has 0 bridgehead atoms. The molecule has 0 aromatic heterocycles. The summed E-state index contributed by atoms with van der Waals surface area (Å²) in [5.74, 6) is 0.991. The van der Waals surface area contributed by atoms with Crippen LogP contribution in [0.5, 0.6) is 5.75 Å². The van der Waals surface area contributed by atoms with Crippen molar-refractivity contribution in [2.24, 2.45) is 0 Å². The quantitative estimate of drug-likeness (QED) is 0.673. The molecule has 2 nitrogen and oxygen atoms in total. The van der Waals surface area contributed by atoms with Gasteiger partial charge in [0, 0.05) is 5.69 Å². The van der Waals surface area contributed by atoms with Crippen molar-refractivity contribution in [2.45, 2.75) is 32.3 Å². The van der Waals surface area contributed by atoms with E-state index >= 15 is 0 Å². The third-order valence-corrected chi connectivity index (χ3v) is 2.47. The van der Waals surface area contributed by atoms with E-state index in [9.17, 15) is 0 Å². The summed E-state index contributed by atoms with van der Waals surface area (Å²) >= 11 is 0. The molecule has 0 fully saturated rings. The van der Waals surface area contributed by atoms with Crippen LogP contribution in [0, 0.1) is 0 Å². The van der Waals surface area contributed by atoms with E-state index in [1.165, 1.54) is 5.56 Å². The maximum atomic E-state index is 5.82. The molecule has 3 heteroatoms. The van der Waals surface area contributed by atoms with Crippen molar-refractivity contribution in [3.8, 4) is 5.75 Å². The number of halogens is 1. The summed E-state index contributed by atoms with van der Waals surface area (Å²) in [6.45, 7) is 4.23. The van der Waals surface area contributed by atoms with Gasteiger partial charge in [0.1, 0.15) is 11.4 Å². The van der Waals surface area contributed by atoms with E-state index in [1.54, 1.807) is 0 Å². The topological polar surface area (TPSA) is 35.2 Å². The smallest absolute Gasteiger partial charge is 0.123 e. The first-order valence-corrected chi connectivity index (χ1v) is 4.64. The summed E-state index contributed by atoms with van der Waals surface area (Å²) in [7, 11) is 0. The van der Waals surface area contributed by atoms with Crippen LogP contribution in [0.15, 0.2) is 18.2 Å². The number of hydrogen-bond donors (Lipinski definition) is 1. The number of rotatable bonds is 0. The second-order valence-corrected chi connectivity index (χ2v) is 4.23. The molecule has 78 valence electrons. The Morgan fingerprint density at radius 2 is 2.07 bits per heavy atom. The summed E-state index contributed by atoms with van der Waals surface area (Å²) in [6.07, 6.45) is 2.12. The molecule has 0 atom stereocenters. The molecule has 1 aliphatic heterocycles. The molecule has 1 aliphatic rings. The minimum atomic E-state index is -0.0247. The molecular weight excluding hydrogens is 198 g/mol. The van der Waals surface area contributed by atoms with Crippen LogP contribution in [0.1, 0.15) is 25.8 Å². The van der Waals surface area contributed by atoms with Gasteiger partial charge in [0.05, 0.1) is 0 Å². The second-order valence-electron chi connectivity index (χ2n) is 4.23. The van der Waals surface area contributed by atoms with E-state index in [4.69, 9.17) is 10.5 Å². The minimum absolute atomic E-state index is 0. The van der Waals surface area contributed by atoms with Gasteiger partial charge in [0.2, 0.25) is 0 Å². The summed E-state index contributed by atoms with van der Waals surface area (Å²) < 4.78 is 5.82. The molecule has 0 amide bonds. The number of ether oxygens (including phenoxy) is 1. The predicted octanol–water partition coefficient (Wildman–Crippen LogP) is 2.79. The largest absolute Gasteiger partial charge is 0.488 e. The zero-order chi connectivity index (χ0) is 9.47. The van der Waals surface area contributed by atoms with Gasteiger partial charge in [-0.25, -0.2) is 0 Å². The first kappa shape index (κ1) is 11.2. The molecule has 0 unspecified atom stereocenters. The predicted molar refractivity (Wildman–Crippen MR) is 61.1 cm³/mol. The summed E-state index contributed by atoms with van der Waals surface area (Å²) in [6, 6.07) is 5.86. The van der Waals surface area contributed by atoms with E-state index in [2.05, 4.69) is 13.8 Å². The maximum Gasteiger partial charge on any atom is 0.123 e. The van der Waals surface area contributed by atoms with Crippen molar-refractivity contribution in [3.63, 3.8) is 0 Å². The fourth-order valence-corrected chi connectivity index (χ4v) is 1.68. The van der Waals surface area contributed by atoms with Crippen LogP contribution in [-0.2, 0) is 6.42 Å². The number of anilines is 1. The highest BCUT2D eigenvalue weighted by Crippen LogP contribution is 2.33. The zero-order valence-corrected chi connectivity index (χ0v) is 9.36. The van der Waals surface area contributed by atoms with Crippen molar-refractivity contribution in [2.75, 3.05) is 5.73 Å². The summed E-state index contributed by atoms with van der Waals surface area (Å²) in [5.41, 5.74) is 7.73.